The number of ketones is 1. The summed E-state index contributed by atoms with van der Waals surface area (Å²) in [5.41, 5.74) is 0.664. The monoisotopic (exact) mass is 315 g/mol. The van der Waals surface area contributed by atoms with Crippen molar-refractivity contribution in [1.82, 2.24) is 4.90 Å². The van der Waals surface area contributed by atoms with E-state index in [1.165, 1.54) is 12.1 Å². The van der Waals surface area contributed by atoms with E-state index in [0.717, 1.165) is 11.0 Å². The third-order valence-electron chi connectivity index (χ3n) is 3.00. The first-order chi connectivity index (χ1) is 8.56. The van der Waals surface area contributed by atoms with Gasteiger partial charge in [-0.05, 0) is 30.8 Å². The second-order valence-corrected chi connectivity index (χ2v) is 5.35. The summed E-state index contributed by atoms with van der Waals surface area (Å²) in [6.45, 7) is 2.01. The third kappa shape index (κ3) is 3.37. The lowest BCUT2D eigenvalue weighted by atomic mass is 10.0. The highest BCUT2D eigenvalue weighted by molar-refractivity contribution is 9.10. The minimum Gasteiger partial charge on any atom is -0.368 e. The van der Waals surface area contributed by atoms with Gasteiger partial charge in [-0.25, -0.2) is 4.39 Å². The Balaban J connectivity index is 2.04. The van der Waals surface area contributed by atoms with Gasteiger partial charge in [-0.15, -0.1) is 0 Å². The molecule has 1 unspecified atom stereocenters. The van der Waals surface area contributed by atoms with Crippen LogP contribution in [0.4, 0.5) is 4.39 Å². The molecule has 0 radical (unpaired) electrons. The zero-order valence-electron chi connectivity index (χ0n) is 10.2. The molecule has 18 heavy (non-hydrogen) atoms. The molecule has 1 aliphatic heterocycles. The van der Waals surface area contributed by atoms with E-state index in [0.29, 0.717) is 18.7 Å². The maximum atomic E-state index is 13.1. The highest BCUT2D eigenvalue weighted by Gasteiger charge is 2.25. The van der Waals surface area contributed by atoms with Gasteiger partial charge in [-0.1, -0.05) is 15.9 Å². The molecule has 1 saturated heterocycles. The molecule has 3 nitrogen and oxygen atoms in total. The largest absolute Gasteiger partial charge is 0.368 e. The number of rotatable bonds is 3. The smallest absolute Gasteiger partial charge is 0.167 e. The van der Waals surface area contributed by atoms with Crippen LogP contribution in [-0.4, -0.2) is 43.5 Å². The van der Waals surface area contributed by atoms with Gasteiger partial charge in [0.1, 0.15) is 11.9 Å². The van der Waals surface area contributed by atoms with Crippen molar-refractivity contribution in [3.05, 3.63) is 34.1 Å². The molecule has 0 N–H and O–H groups in total. The summed E-state index contributed by atoms with van der Waals surface area (Å²) in [6.07, 6.45) is -0.212. The van der Waals surface area contributed by atoms with E-state index in [2.05, 4.69) is 20.8 Å². The second kappa shape index (κ2) is 5.91. The summed E-state index contributed by atoms with van der Waals surface area (Å²) >= 11 is 3.32. The lowest BCUT2D eigenvalue weighted by molar-refractivity contribution is -0.134. The van der Waals surface area contributed by atoms with Crippen LogP contribution in [0.25, 0.3) is 0 Å². The van der Waals surface area contributed by atoms with Crippen LogP contribution in [0.5, 0.6) is 0 Å². The second-order valence-electron chi connectivity index (χ2n) is 4.50. The Bertz CT molecular complexity index is 453. The van der Waals surface area contributed by atoms with Gasteiger partial charge in [0.05, 0.1) is 6.61 Å². The lowest BCUT2D eigenvalue weighted by Crippen LogP contribution is -2.44. The number of carbonyl (C=O) groups excluding carboxylic acids is 1. The lowest BCUT2D eigenvalue weighted by Gasteiger charge is -2.29. The fourth-order valence-corrected chi connectivity index (χ4v) is 2.34. The van der Waals surface area contributed by atoms with Gasteiger partial charge >= 0.3 is 0 Å². The zero-order chi connectivity index (χ0) is 13.1. The zero-order valence-corrected chi connectivity index (χ0v) is 11.7. The molecule has 1 aromatic carbocycles. The van der Waals surface area contributed by atoms with Crippen LogP contribution in [-0.2, 0) is 16.0 Å². The fraction of sp³-hybridized carbons (Fsp3) is 0.462. The third-order valence-corrected chi connectivity index (χ3v) is 3.77. The van der Waals surface area contributed by atoms with E-state index in [1.54, 1.807) is 6.07 Å². The number of hydrogen-bond donors (Lipinski definition) is 0. The predicted octanol–water partition coefficient (Wildman–Crippen LogP) is 2.03. The number of halogens is 2. The Morgan fingerprint density at radius 3 is 3.11 bits per heavy atom. The average Bonchev–Trinajstić information content (AvgIpc) is 2.34. The van der Waals surface area contributed by atoms with Crippen LogP contribution in [0.15, 0.2) is 22.7 Å². The molecule has 1 aliphatic rings. The van der Waals surface area contributed by atoms with Gasteiger partial charge in [-0.2, -0.15) is 0 Å². The first kappa shape index (κ1) is 13.6. The molecular formula is C13H15BrFNO2. The molecular weight excluding hydrogens is 301 g/mol. The molecule has 98 valence electrons. The van der Waals surface area contributed by atoms with Gasteiger partial charge in [0.2, 0.25) is 0 Å². The van der Waals surface area contributed by atoms with Crippen LogP contribution in [0.3, 0.4) is 0 Å². The van der Waals surface area contributed by atoms with Crippen LogP contribution in [0.2, 0.25) is 0 Å². The van der Waals surface area contributed by atoms with Crippen molar-refractivity contribution in [2.75, 3.05) is 26.7 Å². The fourth-order valence-electron chi connectivity index (χ4n) is 1.95. The summed E-state index contributed by atoms with van der Waals surface area (Å²) in [4.78, 5) is 14.1. The van der Waals surface area contributed by atoms with Gasteiger partial charge in [0.15, 0.2) is 5.78 Å². The van der Waals surface area contributed by atoms with Gasteiger partial charge in [0, 0.05) is 24.0 Å². The first-order valence-electron chi connectivity index (χ1n) is 5.83. The van der Waals surface area contributed by atoms with Crippen molar-refractivity contribution in [2.45, 2.75) is 12.5 Å². The number of nitrogens with zero attached hydrogens (tertiary/aromatic N) is 1. The molecule has 0 saturated carbocycles. The van der Waals surface area contributed by atoms with Crippen molar-refractivity contribution in [2.24, 2.45) is 0 Å². The Morgan fingerprint density at radius 1 is 1.61 bits per heavy atom. The number of morpholine rings is 1. The number of Topliss-reactive ketones (excluding diaryl/α,β-unsaturated/α-hetero) is 1. The normalized spacial score (nSPS) is 20.9. The van der Waals surface area contributed by atoms with E-state index in [1.807, 2.05) is 7.05 Å². The molecule has 0 aliphatic carbocycles. The van der Waals surface area contributed by atoms with Crippen LogP contribution in [0.1, 0.15) is 5.56 Å². The minimum absolute atomic E-state index is 0.00662. The minimum atomic E-state index is -0.404. The first-order valence-corrected chi connectivity index (χ1v) is 6.62. The predicted molar refractivity (Wildman–Crippen MR) is 70.0 cm³/mol. The van der Waals surface area contributed by atoms with Crippen LogP contribution in [0, 0.1) is 5.82 Å². The molecule has 0 spiro atoms. The number of ether oxygens (including phenoxy) is 1. The highest BCUT2D eigenvalue weighted by Crippen LogP contribution is 2.19. The van der Waals surface area contributed by atoms with Gasteiger partial charge in [-0.3, -0.25) is 4.79 Å². The summed E-state index contributed by atoms with van der Waals surface area (Å²) in [5.74, 6) is -0.337. The molecule has 1 atom stereocenters. The van der Waals surface area contributed by atoms with Crippen LogP contribution < -0.4 is 0 Å². The van der Waals surface area contributed by atoms with E-state index < -0.39 is 6.10 Å². The molecule has 1 aromatic rings. The number of carbonyl (C=O) groups is 1. The maximum Gasteiger partial charge on any atom is 0.167 e. The maximum absolute atomic E-state index is 13.1. The molecule has 5 heteroatoms. The standard InChI is InChI=1S/C13H15BrFNO2/c1-16-4-5-18-13(8-16)12(17)7-9-6-10(15)2-3-11(9)14/h2-3,6,13H,4-5,7-8H2,1H3. The molecule has 0 bridgehead atoms. The van der Waals surface area contributed by atoms with E-state index in [-0.39, 0.29) is 18.0 Å². The molecule has 1 fully saturated rings. The van der Waals surface area contributed by atoms with E-state index >= 15 is 0 Å². The molecule has 1 heterocycles. The molecule has 0 amide bonds. The van der Waals surface area contributed by atoms with Crippen molar-refractivity contribution in [3.8, 4) is 0 Å². The SMILES string of the molecule is CN1CCOC(C(=O)Cc2cc(F)ccc2Br)C1. The van der Waals surface area contributed by atoms with Crippen molar-refractivity contribution < 1.29 is 13.9 Å². The number of hydrogen-bond acceptors (Lipinski definition) is 3. The Labute approximate surface area is 114 Å². The summed E-state index contributed by atoms with van der Waals surface area (Å²) < 4.78 is 19.3. The van der Waals surface area contributed by atoms with Crippen molar-refractivity contribution >= 4 is 21.7 Å². The quantitative estimate of drug-likeness (QED) is 0.855. The van der Waals surface area contributed by atoms with E-state index in [4.69, 9.17) is 4.74 Å². The van der Waals surface area contributed by atoms with Crippen molar-refractivity contribution in [1.29, 1.82) is 0 Å². The topological polar surface area (TPSA) is 29.5 Å². The Kier molecular flexibility index (Phi) is 4.48. The average molecular weight is 316 g/mol. The van der Waals surface area contributed by atoms with Crippen LogP contribution >= 0.6 is 15.9 Å². The highest BCUT2D eigenvalue weighted by atomic mass is 79.9. The van der Waals surface area contributed by atoms with Gasteiger partial charge < -0.3 is 9.64 Å². The summed E-state index contributed by atoms with van der Waals surface area (Å²) in [7, 11) is 1.96. The van der Waals surface area contributed by atoms with Gasteiger partial charge in [0.25, 0.3) is 0 Å². The van der Waals surface area contributed by atoms with E-state index in [9.17, 15) is 9.18 Å². The molecule has 2 rings (SSSR count). The number of likely N-dealkylation sites (N-methyl/N-ethyl adjacent to an activating group) is 1. The summed E-state index contributed by atoms with van der Waals surface area (Å²) in [5, 5.41) is 0. The summed E-state index contributed by atoms with van der Waals surface area (Å²) in [6, 6.07) is 4.36. The Hall–Kier alpha value is -0.780. The molecule has 0 aromatic heterocycles. The number of benzene rings is 1. The Morgan fingerprint density at radius 2 is 2.39 bits per heavy atom. The van der Waals surface area contributed by atoms with Crippen molar-refractivity contribution in [3.63, 3.8) is 0 Å².